The molecule has 5 nitrogen and oxygen atoms in total. The van der Waals surface area contributed by atoms with Crippen LogP contribution in [0.1, 0.15) is 24.5 Å². The number of aromatic nitrogens is 3. The summed E-state index contributed by atoms with van der Waals surface area (Å²) in [6.07, 6.45) is 3.42. The third kappa shape index (κ3) is 2.16. The maximum atomic E-state index is 5.69. The van der Waals surface area contributed by atoms with Crippen molar-refractivity contribution in [2.24, 2.45) is 0 Å². The van der Waals surface area contributed by atoms with Crippen LogP contribution in [0.15, 0.2) is 24.3 Å². The molecule has 18 heavy (non-hydrogen) atoms. The monoisotopic (exact) mass is 244 g/mol. The fourth-order valence-corrected chi connectivity index (χ4v) is 2.19. The maximum Gasteiger partial charge on any atom is 0.171 e. The van der Waals surface area contributed by atoms with Crippen molar-refractivity contribution in [3.8, 4) is 5.75 Å². The summed E-state index contributed by atoms with van der Waals surface area (Å²) in [4.78, 5) is 0. The number of aryl methyl sites for hydroxylation is 1. The Kier molecular flexibility index (Phi) is 2.88. The molecule has 0 aliphatic carbocycles. The lowest BCUT2D eigenvalue weighted by Gasteiger charge is -2.14. The second-order valence-corrected chi connectivity index (χ2v) is 4.50. The Labute approximate surface area is 106 Å². The first-order chi connectivity index (χ1) is 8.83. The van der Waals surface area contributed by atoms with Gasteiger partial charge in [0.05, 0.1) is 0 Å². The van der Waals surface area contributed by atoms with Crippen molar-refractivity contribution in [1.29, 1.82) is 0 Å². The molecule has 94 valence electrons. The molecule has 5 heteroatoms. The summed E-state index contributed by atoms with van der Waals surface area (Å²) in [6.45, 7) is 1.46. The van der Waals surface area contributed by atoms with Gasteiger partial charge < -0.3 is 15.0 Å². The van der Waals surface area contributed by atoms with Gasteiger partial charge in [0.25, 0.3) is 0 Å². The molecule has 2 N–H and O–H groups in total. The Morgan fingerprint density at radius 1 is 1.17 bits per heavy atom. The predicted octanol–water partition coefficient (Wildman–Crippen LogP) is 1.78. The number of rotatable bonds is 3. The molecule has 2 aromatic rings. The van der Waals surface area contributed by atoms with Gasteiger partial charge in [-0.05, 0) is 37.1 Å². The minimum Gasteiger partial charge on any atom is -0.486 e. The number of benzene rings is 1. The van der Waals surface area contributed by atoms with Crippen molar-refractivity contribution in [1.82, 2.24) is 14.8 Å². The number of hydrogen-bond donors (Lipinski definition) is 1. The summed E-state index contributed by atoms with van der Waals surface area (Å²) < 4.78 is 7.86. The summed E-state index contributed by atoms with van der Waals surface area (Å²) in [5.41, 5.74) is 6.36. The Balaban J connectivity index is 1.70. The Hall–Kier alpha value is -2.04. The smallest absolute Gasteiger partial charge is 0.171 e. The van der Waals surface area contributed by atoms with Gasteiger partial charge in [0, 0.05) is 18.7 Å². The first-order valence-electron chi connectivity index (χ1n) is 6.22. The normalized spacial score (nSPS) is 14.2. The van der Waals surface area contributed by atoms with E-state index in [1.807, 2.05) is 24.3 Å². The predicted molar refractivity (Wildman–Crippen MR) is 68.1 cm³/mol. The summed E-state index contributed by atoms with van der Waals surface area (Å²) in [5, 5.41) is 8.39. The first kappa shape index (κ1) is 11.1. The van der Waals surface area contributed by atoms with Gasteiger partial charge in [-0.1, -0.05) is 0 Å². The van der Waals surface area contributed by atoms with Crippen LogP contribution < -0.4 is 10.5 Å². The molecular formula is C13H16N4O. The molecule has 0 saturated carbocycles. The molecule has 0 spiro atoms. The van der Waals surface area contributed by atoms with E-state index in [1.165, 1.54) is 12.8 Å². The molecule has 2 heterocycles. The van der Waals surface area contributed by atoms with E-state index in [1.54, 1.807) is 0 Å². The topological polar surface area (TPSA) is 66.0 Å². The lowest BCUT2D eigenvalue weighted by Crippen LogP contribution is -2.14. The van der Waals surface area contributed by atoms with Gasteiger partial charge >= 0.3 is 0 Å². The van der Waals surface area contributed by atoms with Gasteiger partial charge in [0.15, 0.2) is 5.82 Å². The zero-order valence-electron chi connectivity index (χ0n) is 10.2. The fourth-order valence-electron chi connectivity index (χ4n) is 2.19. The highest BCUT2D eigenvalue weighted by Crippen LogP contribution is 2.17. The summed E-state index contributed by atoms with van der Waals surface area (Å²) in [6, 6.07) is 7.38. The zero-order chi connectivity index (χ0) is 12.4. The quantitative estimate of drug-likeness (QED) is 0.836. The standard InChI is InChI=1S/C13H16N4O/c14-10-4-6-11(7-5-10)18-9-13-16-15-12-3-1-2-8-17(12)13/h4-7H,1-3,8-9,14H2. The maximum absolute atomic E-state index is 5.69. The number of nitrogens with two attached hydrogens (primary N) is 1. The fraction of sp³-hybridized carbons (Fsp3) is 0.385. The van der Waals surface area contributed by atoms with Crippen LogP contribution in [0, 0.1) is 0 Å². The summed E-state index contributed by atoms with van der Waals surface area (Å²) in [7, 11) is 0. The number of ether oxygens (including phenoxy) is 1. The Morgan fingerprint density at radius 3 is 2.83 bits per heavy atom. The van der Waals surface area contributed by atoms with Gasteiger partial charge in [-0.2, -0.15) is 0 Å². The second-order valence-electron chi connectivity index (χ2n) is 4.50. The highest BCUT2D eigenvalue weighted by atomic mass is 16.5. The molecule has 3 rings (SSSR count). The highest BCUT2D eigenvalue weighted by Gasteiger charge is 2.15. The van der Waals surface area contributed by atoms with Gasteiger partial charge in [-0.25, -0.2) is 0 Å². The summed E-state index contributed by atoms with van der Waals surface area (Å²) >= 11 is 0. The van der Waals surface area contributed by atoms with Crippen LogP contribution in [-0.4, -0.2) is 14.8 Å². The number of anilines is 1. The molecule has 1 aliphatic rings. The Bertz CT molecular complexity index is 532. The van der Waals surface area contributed by atoms with Gasteiger partial charge in [-0.15, -0.1) is 10.2 Å². The van der Waals surface area contributed by atoms with Crippen molar-refractivity contribution in [2.75, 3.05) is 5.73 Å². The lowest BCUT2D eigenvalue weighted by atomic mass is 10.2. The lowest BCUT2D eigenvalue weighted by molar-refractivity contribution is 0.286. The SMILES string of the molecule is Nc1ccc(OCc2nnc3n2CCCC3)cc1. The third-order valence-electron chi connectivity index (χ3n) is 3.18. The van der Waals surface area contributed by atoms with E-state index in [4.69, 9.17) is 10.5 Å². The molecule has 1 aromatic heterocycles. The molecule has 1 aliphatic heterocycles. The summed E-state index contributed by atoms with van der Waals surface area (Å²) in [5.74, 6) is 2.79. The first-order valence-corrected chi connectivity index (χ1v) is 6.22. The third-order valence-corrected chi connectivity index (χ3v) is 3.18. The van der Waals surface area contributed by atoms with Crippen LogP contribution >= 0.6 is 0 Å². The zero-order valence-corrected chi connectivity index (χ0v) is 10.2. The largest absolute Gasteiger partial charge is 0.486 e. The van der Waals surface area contributed by atoms with E-state index in [0.717, 1.165) is 36.1 Å². The number of nitrogen functional groups attached to an aromatic ring is 1. The van der Waals surface area contributed by atoms with Crippen LogP contribution in [0.2, 0.25) is 0 Å². The average molecular weight is 244 g/mol. The van der Waals surface area contributed by atoms with Crippen molar-refractivity contribution >= 4 is 5.69 Å². The van der Waals surface area contributed by atoms with Crippen molar-refractivity contribution < 1.29 is 4.74 Å². The molecule has 0 atom stereocenters. The van der Waals surface area contributed by atoms with Crippen molar-refractivity contribution in [3.05, 3.63) is 35.9 Å². The minimum absolute atomic E-state index is 0.455. The average Bonchev–Trinajstić information content (AvgIpc) is 2.82. The van der Waals surface area contributed by atoms with E-state index in [9.17, 15) is 0 Å². The molecule has 0 bridgehead atoms. The minimum atomic E-state index is 0.455. The highest BCUT2D eigenvalue weighted by molar-refractivity contribution is 5.41. The van der Waals surface area contributed by atoms with Crippen molar-refractivity contribution in [3.63, 3.8) is 0 Å². The number of nitrogens with zero attached hydrogens (tertiary/aromatic N) is 3. The van der Waals surface area contributed by atoms with Gasteiger partial charge in [0.2, 0.25) is 0 Å². The molecule has 1 aromatic carbocycles. The molecular weight excluding hydrogens is 228 g/mol. The molecule has 0 radical (unpaired) electrons. The molecule has 0 saturated heterocycles. The van der Waals surface area contributed by atoms with Crippen LogP contribution in [0.25, 0.3) is 0 Å². The van der Waals surface area contributed by atoms with Crippen LogP contribution in [0.5, 0.6) is 5.75 Å². The Morgan fingerprint density at radius 2 is 2.00 bits per heavy atom. The van der Waals surface area contributed by atoms with Crippen LogP contribution in [-0.2, 0) is 19.6 Å². The van der Waals surface area contributed by atoms with E-state index in [-0.39, 0.29) is 0 Å². The van der Waals surface area contributed by atoms with E-state index in [2.05, 4.69) is 14.8 Å². The molecule has 0 fully saturated rings. The molecule has 0 unspecified atom stereocenters. The second kappa shape index (κ2) is 4.68. The van der Waals surface area contributed by atoms with Crippen LogP contribution in [0.3, 0.4) is 0 Å². The van der Waals surface area contributed by atoms with E-state index < -0.39 is 0 Å². The molecule has 0 amide bonds. The number of hydrogen-bond acceptors (Lipinski definition) is 4. The van der Waals surface area contributed by atoms with Gasteiger partial charge in [-0.3, -0.25) is 0 Å². The van der Waals surface area contributed by atoms with E-state index in [0.29, 0.717) is 6.61 Å². The number of fused-ring (bicyclic) bond motifs is 1. The van der Waals surface area contributed by atoms with Gasteiger partial charge in [0.1, 0.15) is 18.2 Å². The van der Waals surface area contributed by atoms with Crippen molar-refractivity contribution in [2.45, 2.75) is 32.4 Å². The van der Waals surface area contributed by atoms with E-state index >= 15 is 0 Å². The van der Waals surface area contributed by atoms with Crippen LogP contribution in [0.4, 0.5) is 5.69 Å².